The van der Waals surface area contributed by atoms with E-state index in [9.17, 15) is 8.42 Å². The third-order valence-electron chi connectivity index (χ3n) is 3.84. The van der Waals surface area contributed by atoms with E-state index in [1.807, 2.05) is 18.2 Å². The number of hydrogen-bond acceptors (Lipinski definition) is 6. The van der Waals surface area contributed by atoms with Gasteiger partial charge >= 0.3 is 0 Å². The average molecular weight is 307 g/mol. The zero-order valence-electron chi connectivity index (χ0n) is 11.9. The molecule has 0 fully saturated rings. The first kappa shape index (κ1) is 14.1. The normalized spacial score (nSPS) is 19.6. The number of fused-ring (bicyclic) bond motifs is 1. The molecule has 21 heavy (non-hydrogen) atoms. The minimum Gasteiger partial charge on any atom is -0.384 e. The second-order valence-corrected chi connectivity index (χ2v) is 7.77. The van der Waals surface area contributed by atoms with Crippen molar-refractivity contribution in [3.8, 4) is 0 Å². The van der Waals surface area contributed by atoms with Gasteiger partial charge in [0.15, 0.2) is 15.7 Å². The van der Waals surface area contributed by atoms with E-state index in [-0.39, 0.29) is 11.7 Å². The average Bonchev–Trinajstić information content (AvgIpc) is 2.94. The molecule has 1 aliphatic heterocycles. The molecule has 1 aliphatic rings. The molecule has 2 heterocycles. The number of nitrogens with one attached hydrogen (secondary N) is 1. The molecule has 0 saturated heterocycles. The van der Waals surface area contributed by atoms with Crippen molar-refractivity contribution in [2.75, 3.05) is 18.1 Å². The summed E-state index contributed by atoms with van der Waals surface area (Å²) in [6.45, 7) is 2.27. The highest BCUT2D eigenvalue weighted by atomic mass is 32.2. The van der Waals surface area contributed by atoms with Gasteiger partial charge in [-0.1, -0.05) is 23.4 Å². The number of benzene rings is 1. The van der Waals surface area contributed by atoms with Gasteiger partial charge in [0.25, 0.3) is 0 Å². The monoisotopic (exact) mass is 307 g/mol. The van der Waals surface area contributed by atoms with Crippen LogP contribution in [0.5, 0.6) is 0 Å². The van der Waals surface area contributed by atoms with Crippen molar-refractivity contribution in [2.45, 2.75) is 24.5 Å². The van der Waals surface area contributed by atoms with Crippen LogP contribution in [0.25, 0.3) is 0 Å². The van der Waals surface area contributed by atoms with Crippen LogP contribution in [0, 0.1) is 0 Å². The van der Waals surface area contributed by atoms with Crippen molar-refractivity contribution < 1.29 is 12.9 Å². The van der Waals surface area contributed by atoms with Crippen LogP contribution in [0.2, 0.25) is 0 Å². The van der Waals surface area contributed by atoms with E-state index >= 15 is 0 Å². The fraction of sp³-hybridized carbons (Fsp3) is 0.429. The molecule has 0 radical (unpaired) electrons. The van der Waals surface area contributed by atoms with E-state index in [0.717, 1.165) is 12.1 Å². The van der Waals surface area contributed by atoms with E-state index in [1.54, 1.807) is 6.92 Å². The van der Waals surface area contributed by atoms with Crippen molar-refractivity contribution in [1.82, 2.24) is 10.1 Å². The van der Waals surface area contributed by atoms with Gasteiger partial charge in [-0.2, -0.15) is 4.98 Å². The molecule has 0 saturated carbocycles. The van der Waals surface area contributed by atoms with Crippen LogP contribution in [0.4, 0.5) is 5.69 Å². The molecule has 1 aromatic carbocycles. The molecule has 2 atom stereocenters. The third kappa shape index (κ3) is 2.78. The van der Waals surface area contributed by atoms with Gasteiger partial charge in [-0.15, -0.1) is 0 Å². The van der Waals surface area contributed by atoms with Crippen LogP contribution >= 0.6 is 0 Å². The second kappa shape index (κ2) is 5.14. The largest absolute Gasteiger partial charge is 0.384 e. The van der Waals surface area contributed by atoms with Gasteiger partial charge in [0.05, 0.1) is 5.92 Å². The molecular formula is C14H17N3O3S. The highest BCUT2D eigenvalue weighted by Gasteiger charge is 2.28. The molecule has 3 rings (SSSR count). The van der Waals surface area contributed by atoms with E-state index in [2.05, 4.69) is 21.5 Å². The molecule has 0 spiro atoms. The Labute approximate surface area is 123 Å². The number of sulfone groups is 1. The molecule has 2 aromatic rings. The quantitative estimate of drug-likeness (QED) is 0.932. The lowest BCUT2D eigenvalue weighted by Gasteiger charge is -2.23. The van der Waals surface area contributed by atoms with Gasteiger partial charge in [0.2, 0.25) is 5.89 Å². The zero-order chi connectivity index (χ0) is 15.0. The molecule has 0 bridgehead atoms. The van der Waals surface area contributed by atoms with Gasteiger partial charge in [-0.25, -0.2) is 8.42 Å². The van der Waals surface area contributed by atoms with E-state index < -0.39 is 15.1 Å². The Morgan fingerprint density at radius 1 is 1.38 bits per heavy atom. The maximum atomic E-state index is 11.5. The summed E-state index contributed by atoms with van der Waals surface area (Å²) in [6.07, 6.45) is 1.98. The number of para-hydroxylation sites is 1. The molecule has 7 heteroatoms. The number of anilines is 1. The Morgan fingerprint density at radius 3 is 2.90 bits per heavy atom. The highest BCUT2D eigenvalue weighted by Crippen LogP contribution is 2.30. The first-order valence-corrected chi connectivity index (χ1v) is 8.75. The van der Waals surface area contributed by atoms with Crippen LogP contribution in [-0.4, -0.2) is 31.4 Å². The fourth-order valence-electron chi connectivity index (χ4n) is 2.39. The molecule has 0 aliphatic carbocycles. The van der Waals surface area contributed by atoms with E-state index in [0.29, 0.717) is 12.4 Å². The standard InChI is InChI=1S/C14H17N3O3S/c1-9(21(2,18)19)13-16-14(20-17-13)11-7-10-5-3-4-6-12(10)15-8-11/h3-6,9,11,15H,7-8H2,1-2H3. The molecular weight excluding hydrogens is 290 g/mol. The van der Waals surface area contributed by atoms with Crippen molar-refractivity contribution in [3.63, 3.8) is 0 Å². The molecule has 0 amide bonds. The first-order valence-electron chi connectivity index (χ1n) is 6.79. The van der Waals surface area contributed by atoms with Crippen molar-refractivity contribution in [3.05, 3.63) is 41.5 Å². The van der Waals surface area contributed by atoms with Crippen LogP contribution in [-0.2, 0) is 16.3 Å². The Hall–Kier alpha value is -1.89. The summed E-state index contributed by atoms with van der Waals surface area (Å²) in [5, 5.41) is 6.40. The molecule has 1 aromatic heterocycles. The summed E-state index contributed by atoms with van der Waals surface area (Å²) in [6, 6.07) is 8.08. The Bertz CT molecular complexity index is 754. The van der Waals surface area contributed by atoms with Crippen LogP contribution in [0.3, 0.4) is 0 Å². The summed E-state index contributed by atoms with van der Waals surface area (Å²) in [7, 11) is -3.22. The van der Waals surface area contributed by atoms with Crippen molar-refractivity contribution in [2.24, 2.45) is 0 Å². The van der Waals surface area contributed by atoms with Gasteiger partial charge in [-0.3, -0.25) is 0 Å². The second-order valence-electron chi connectivity index (χ2n) is 5.40. The van der Waals surface area contributed by atoms with E-state index in [1.165, 1.54) is 11.8 Å². The van der Waals surface area contributed by atoms with Crippen molar-refractivity contribution in [1.29, 1.82) is 0 Å². The SMILES string of the molecule is CC(c1noc(C2CNc3ccccc3C2)n1)S(C)(=O)=O. The number of aromatic nitrogens is 2. The predicted octanol–water partition coefficient (Wildman–Crippen LogP) is 1.93. The minimum atomic E-state index is -3.22. The summed E-state index contributed by atoms with van der Waals surface area (Å²) in [5.41, 5.74) is 2.32. The first-order chi connectivity index (χ1) is 9.95. The fourth-order valence-corrected chi connectivity index (χ4v) is 2.86. The Morgan fingerprint density at radius 2 is 2.14 bits per heavy atom. The summed E-state index contributed by atoms with van der Waals surface area (Å²) in [5.74, 6) is 0.779. The predicted molar refractivity (Wildman–Crippen MR) is 78.9 cm³/mol. The molecule has 2 unspecified atom stereocenters. The smallest absolute Gasteiger partial charge is 0.231 e. The Kier molecular flexibility index (Phi) is 3.44. The Balaban J connectivity index is 1.82. The third-order valence-corrected chi connectivity index (χ3v) is 5.33. The summed E-state index contributed by atoms with van der Waals surface area (Å²) in [4.78, 5) is 4.28. The van der Waals surface area contributed by atoms with E-state index in [4.69, 9.17) is 4.52 Å². The number of rotatable bonds is 3. The van der Waals surface area contributed by atoms with Crippen LogP contribution in [0.1, 0.15) is 35.4 Å². The lowest BCUT2D eigenvalue weighted by atomic mass is 9.94. The topological polar surface area (TPSA) is 85.1 Å². The van der Waals surface area contributed by atoms with Gasteiger partial charge < -0.3 is 9.84 Å². The lowest BCUT2D eigenvalue weighted by molar-refractivity contribution is 0.349. The highest BCUT2D eigenvalue weighted by molar-refractivity contribution is 7.90. The lowest BCUT2D eigenvalue weighted by Crippen LogP contribution is -2.21. The zero-order valence-corrected chi connectivity index (χ0v) is 12.7. The van der Waals surface area contributed by atoms with Gasteiger partial charge in [0.1, 0.15) is 5.25 Å². The number of nitrogens with zero attached hydrogens (tertiary/aromatic N) is 2. The molecule has 6 nitrogen and oxygen atoms in total. The van der Waals surface area contributed by atoms with Crippen LogP contribution < -0.4 is 5.32 Å². The minimum absolute atomic E-state index is 0.0629. The summed E-state index contributed by atoms with van der Waals surface area (Å²) < 4.78 is 28.4. The number of hydrogen-bond donors (Lipinski definition) is 1. The molecule has 112 valence electrons. The maximum Gasteiger partial charge on any atom is 0.231 e. The van der Waals surface area contributed by atoms with Crippen LogP contribution in [0.15, 0.2) is 28.8 Å². The van der Waals surface area contributed by atoms with Crippen molar-refractivity contribution >= 4 is 15.5 Å². The summed E-state index contributed by atoms with van der Waals surface area (Å²) >= 11 is 0. The van der Waals surface area contributed by atoms with Gasteiger partial charge in [0, 0.05) is 18.5 Å². The van der Waals surface area contributed by atoms with Gasteiger partial charge in [-0.05, 0) is 25.0 Å². The molecule has 1 N–H and O–H groups in total. The maximum absolute atomic E-state index is 11.5.